The summed E-state index contributed by atoms with van der Waals surface area (Å²) in [7, 11) is 0.902. The zero-order valence-electron chi connectivity index (χ0n) is 18.2. The number of aromatic amines is 1. The summed E-state index contributed by atoms with van der Waals surface area (Å²) in [6, 6.07) is 6.37. The average molecular weight is 456 g/mol. The summed E-state index contributed by atoms with van der Waals surface area (Å²) in [5.41, 5.74) is 0.743. The number of nitrogens with zero attached hydrogens (tertiary/aromatic N) is 4. The number of anilines is 3. The van der Waals surface area contributed by atoms with Crippen molar-refractivity contribution >= 4 is 39.4 Å². The molecule has 2 aliphatic rings. The van der Waals surface area contributed by atoms with Gasteiger partial charge in [-0.2, -0.15) is 0 Å². The molecule has 1 unspecified atom stereocenters. The molecule has 1 saturated carbocycles. The fraction of sp³-hybridized carbons (Fsp3) is 0.500. The first-order valence-corrected chi connectivity index (χ1v) is 12.4. The first kappa shape index (κ1) is 21.3. The molecule has 5 rings (SSSR count). The van der Waals surface area contributed by atoms with Crippen LogP contribution in [0.15, 0.2) is 35.5 Å². The van der Waals surface area contributed by atoms with Crippen LogP contribution in [0, 0.1) is 0 Å². The summed E-state index contributed by atoms with van der Waals surface area (Å²) in [5.74, 6) is 1.98. The second-order valence-corrected chi connectivity index (χ2v) is 9.99. The van der Waals surface area contributed by atoms with Gasteiger partial charge in [-0.15, -0.1) is 0 Å². The quantitative estimate of drug-likeness (QED) is 0.521. The summed E-state index contributed by atoms with van der Waals surface area (Å²) in [6.45, 7) is 3.03. The highest BCUT2D eigenvalue weighted by atomic mass is 32.2. The van der Waals surface area contributed by atoms with Crippen LogP contribution in [0.1, 0.15) is 25.7 Å². The second kappa shape index (κ2) is 9.51. The van der Waals surface area contributed by atoms with Crippen LogP contribution in [-0.2, 0) is 15.5 Å². The van der Waals surface area contributed by atoms with Crippen molar-refractivity contribution in [3.8, 4) is 0 Å². The highest BCUT2D eigenvalue weighted by Crippen LogP contribution is 2.30. The van der Waals surface area contributed by atoms with Gasteiger partial charge in [0.05, 0.1) is 40.6 Å². The number of aromatic nitrogens is 4. The second-order valence-electron chi connectivity index (χ2n) is 8.29. The minimum Gasteiger partial charge on any atom is -0.378 e. The maximum atomic E-state index is 13.4. The number of hydrogen-bond donors (Lipinski definition) is 3. The number of benzene rings is 1. The summed E-state index contributed by atoms with van der Waals surface area (Å²) in [6.07, 6.45) is 7.56. The van der Waals surface area contributed by atoms with E-state index in [0.717, 1.165) is 66.3 Å². The van der Waals surface area contributed by atoms with Gasteiger partial charge in [0.25, 0.3) is 0 Å². The molecule has 170 valence electrons. The molecule has 2 fully saturated rings. The van der Waals surface area contributed by atoms with E-state index in [-0.39, 0.29) is 5.25 Å². The Labute approximate surface area is 189 Å². The van der Waals surface area contributed by atoms with E-state index < -0.39 is 10.8 Å². The van der Waals surface area contributed by atoms with E-state index in [9.17, 15) is 4.21 Å². The first-order valence-electron chi connectivity index (χ1n) is 11.2. The molecular formula is C22H29N7O2S. The Hall–Kier alpha value is -2.56. The molecule has 3 N–H and O–H groups in total. The van der Waals surface area contributed by atoms with Crippen molar-refractivity contribution < 1.29 is 8.95 Å². The normalized spacial score (nSPS) is 22.7. The molecule has 0 amide bonds. The van der Waals surface area contributed by atoms with Gasteiger partial charge < -0.3 is 25.3 Å². The van der Waals surface area contributed by atoms with Crippen molar-refractivity contribution in [3.63, 3.8) is 0 Å². The van der Waals surface area contributed by atoms with E-state index in [2.05, 4.69) is 30.5 Å². The molecule has 32 heavy (non-hydrogen) atoms. The van der Waals surface area contributed by atoms with Crippen molar-refractivity contribution in [2.24, 2.45) is 0 Å². The van der Waals surface area contributed by atoms with Crippen LogP contribution in [0.2, 0.25) is 0 Å². The van der Waals surface area contributed by atoms with Crippen molar-refractivity contribution in [1.82, 2.24) is 25.3 Å². The van der Waals surface area contributed by atoms with Crippen LogP contribution < -0.4 is 15.5 Å². The van der Waals surface area contributed by atoms with Gasteiger partial charge in [0.1, 0.15) is 5.82 Å². The average Bonchev–Trinajstić information content (AvgIpc) is 3.32. The topological polar surface area (TPSA) is 108 Å². The minimum absolute atomic E-state index is 0.167. The highest BCUT2D eigenvalue weighted by Gasteiger charge is 2.26. The molecule has 9 nitrogen and oxygen atoms in total. The van der Waals surface area contributed by atoms with E-state index in [1.807, 2.05) is 25.2 Å². The monoisotopic (exact) mass is 455 g/mol. The van der Waals surface area contributed by atoms with Crippen LogP contribution in [0.3, 0.4) is 0 Å². The van der Waals surface area contributed by atoms with Gasteiger partial charge in [0.15, 0.2) is 0 Å². The Morgan fingerprint density at radius 1 is 1.12 bits per heavy atom. The number of morpholine rings is 1. The molecule has 3 aromatic rings. The lowest BCUT2D eigenvalue weighted by atomic mass is 9.95. The third kappa shape index (κ3) is 4.48. The van der Waals surface area contributed by atoms with Gasteiger partial charge in [-0.1, -0.05) is 12.1 Å². The van der Waals surface area contributed by atoms with Crippen LogP contribution >= 0.6 is 0 Å². The molecule has 1 saturated heterocycles. The molecule has 10 heteroatoms. The van der Waals surface area contributed by atoms with Crippen molar-refractivity contribution in [2.75, 3.05) is 43.6 Å². The van der Waals surface area contributed by atoms with Gasteiger partial charge in [0, 0.05) is 36.0 Å². The number of H-pyrrole nitrogens is 1. The smallest absolute Gasteiger partial charge is 0.228 e. The Morgan fingerprint density at radius 2 is 1.94 bits per heavy atom. The molecule has 1 aromatic carbocycles. The first-order chi connectivity index (χ1) is 15.7. The van der Waals surface area contributed by atoms with E-state index in [4.69, 9.17) is 9.72 Å². The van der Waals surface area contributed by atoms with Crippen LogP contribution in [0.5, 0.6) is 0 Å². The van der Waals surface area contributed by atoms with Crippen LogP contribution in [-0.4, -0.2) is 68.8 Å². The minimum atomic E-state index is -1.10. The molecular weight excluding hydrogens is 426 g/mol. The van der Waals surface area contributed by atoms with Crippen molar-refractivity contribution in [1.29, 1.82) is 0 Å². The van der Waals surface area contributed by atoms with Crippen molar-refractivity contribution in [3.05, 3.63) is 30.6 Å². The SMILES string of the molecule is CNC1CCC(S(=O)c2cccc3cnc(Nc4cnc(N5CCOCC5)[nH]4)nc23)CC1. The van der Waals surface area contributed by atoms with Gasteiger partial charge in [-0.3, -0.25) is 4.21 Å². The number of nitrogens with one attached hydrogen (secondary N) is 3. The molecule has 0 spiro atoms. The highest BCUT2D eigenvalue weighted by molar-refractivity contribution is 7.86. The van der Waals surface area contributed by atoms with Gasteiger partial charge >= 0.3 is 0 Å². The summed E-state index contributed by atoms with van der Waals surface area (Å²) >= 11 is 0. The van der Waals surface area contributed by atoms with E-state index in [0.29, 0.717) is 25.2 Å². The maximum Gasteiger partial charge on any atom is 0.228 e. The molecule has 3 heterocycles. The molecule has 0 bridgehead atoms. The van der Waals surface area contributed by atoms with Gasteiger partial charge in [-0.25, -0.2) is 15.0 Å². The number of hydrogen-bond acceptors (Lipinski definition) is 8. The molecule has 0 radical (unpaired) electrons. The lowest BCUT2D eigenvalue weighted by molar-refractivity contribution is 0.122. The lowest BCUT2D eigenvalue weighted by Gasteiger charge is -2.27. The molecule has 1 aliphatic carbocycles. The van der Waals surface area contributed by atoms with Gasteiger partial charge in [-0.05, 0) is 38.8 Å². The third-order valence-electron chi connectivity index (χ3n) is 6.30. The fourth-order valence-electron chi connectivity index (χ4n) is 4.43. The number of para-hydroxylation sites is 1. The zero-order valence-corrected chi connectivity index (χ0v) is 19.0. The van der Waals surface area contributed by atoms with Crippen LogP contribution in [0.25, 0.3) is 10.9 Å². The third-order valence-corrected chi connectivity index (χ3v) is 8.14. The number of fused-ring (bicyclic) bond motifs is 1. The number of imidazole rings is 1. The Bertz CT molecular complexity index is 1090. The standard InChI is InChI=1S/C22H29N7O2S/c1-23-16-5-7-17(8-6-16)32(30)18-4-2-3-15-13-24-21(28-20(15)18)26-19-14-25-22(27-19)29-9-11-31-12-10-29/h2-4,13-14,16-17,23H,5-12H2,1H3,(H,25,27)(H,24,26,28). The summed E-state index contributed by atoms with van der Waals surface area (Å²) in [4.78, 5) is 19.9. The van der Waals surface area contributed by atoms with Gasteiger partial charge in [0.2, 0.25) is 11.9 Å². The Balaban J connectivity index is 1.36. The van der Waals surface area contributed by atoms with Crippen LogP contribution in [0.4, 0.5) is 17.7 Å². The number of ether oxygens (including phenoxy) is 1. The van der Waals surface area contributed by atoms with E-state index in [1.54, 1.807) is 12.4 Å². The fourth-order valence-corrected chi connectivity index (χ4v) is 6.05. The van der Waals surface area contributed by atoms with E-state index in [1.165, 1.54) is 0 Å². The molecule has 2 aromatic heterocycles. The summed E-state index contributed by atoms with van der Waals surface area (Å²) < 4.78 is 18.8. The largest absolute Gasteiger partial charge is 0.378 e. The predicted octanol–water partition coefficient (Wildman–Crippen LogP) is 2.57. The molecule has 1 atom stereocenters. The predicted molar refractivity (Wildman–Crippen MR) is 126 cm³/mol. The Morgan fingerprint density at radius 3 is 2.72 bits per heavy atom. The Kier molecular flexibility index (Phi) is 6.33. The number of rotatable bonds is 6. The molecule has 1 aliphatic heterocycles. The van der Waals surface area contributed by atoms with E-state index >= 15 is 0 Å². The van der Waals surface area contributed by atoms with Crippen molar-refractivity contribution in [2.45, 2.75) is 41.9 Å². The maximum absolute atomic E-state index is 13.4. The zero-order chi connectivity index (χ0) is 21.9. The summed E-state index contributed by atoms with van der Waals surface area (Å²) in [5, 5.41) is 7.61. The lowest BCUT2D eigenvalue weighted by Crippen LogP contribution is -2.36.